The van der Waals surface area contributed by atoms with Crippen molar-refractivity contribution >= 4 is 5.91 Å². The highest BCUT2D eigenvalue weighted by Gasteiger charge is 2.06. The largest absolute Gasteiger partial charge is 0.351 e. The average Bonchev–Trinajstić information content (AvgIpc) is 2.26. The van der Waals surface area contributed by atoms with Gasteiger partial charge in [-0.15, -0.1) is 0 Å². The number of hydrogen-bond acceptors (Lipinski definition) is 2. The molecule has 1 aromatic carbocycles. The Morgan fingerprint density at radius 2 is 1.71 bits per heavy atom. The minimum atomic E-state index is -0.449. The van der Waals surface area contributed by atoms with E-state index in [2.05, 4.69) is 43.4 Å². The molecular weight excluding hydrogens is 212 g/mol. The highest BCUT2D eigenvalue weighted by Crippen LogP contribution is 2.09. The number of nitrogens with one attached hydrogen (secondary N) is 1. The third kappa shape index (κ3) is 5.00. The first-order valence-corrected chi connectivity index (χ1v) is 6.10. The summed E-state index contributed by atoms with van der Waals surface area (Å²) >= 11 is 0. The molecule has 0 heterocycles. The summed E-state index contributed by atoms with van der Waals surface area (Å²) in [5, 5.41) is 2.79. The Hall–Kier alpha value is -1.35. The van der Waals surface area contributed by atoms with Gasteiger partial charge in [-0.2, -0.15) is 0 Å². The van der Waals surface area contributed by atoms with Gasteiger partial charge in [0.1, 0.15) is 0 Å². The highest BCUT2D eigenvalue weighted by atomic mass is 16.2. The molecule has 1 aromatic rings. The predicted molar refractivity (Wildman–Crippen MR) is 70.5 cm³/mol. The maximum atomic E-state index is 11.3. The molecular formula is C14H22N2O. The van der Waals surface area contributed by atoms with E-state index in [1.54, 1.807) is 6.92 Å². The number of carbonyl (C=O) groups excluding carboxylic acids is 1. The van der Waals surface area contributed by atoms with Crippen LogP contribution in [-0.2, 0) is 17.8 Å². The number of rotatable bonds is 5. The fourth-order valence-corrected chi connectivity index (χ4v) is 1.61. The number of hydrogen-bond donors (Lipinski definition) is 2. The zero-order chi connectivity index (χ0) is 12.8. The van der Waals surface area contributed by atoms with Gasteiger partial charge in [-0.3, -0.25) is 4.79 Å². The lowest BCUT2D eigenvalue weighted by Gasteiger charge is -2.09. The first-order chi connectivity index (χ1) is 7.99. The van der Waals surface area contributed by atoms with E-state index in [1.165, 1.54) is 5.56 Å². The molecule has 3 heteroatoms. The lowest BCUT2D eigenvalue weighted by atomic mass is 10.0. The van der Waals surface area contributed by atoms with Crippen molar-refractivity contribution < 1.29 is 4.79 Å². The van der Waals surface area contributed by atoms with Crippen molar-refractivity contribution in [3.63, 3.8) is 0 Å². The Labute approximate surface area is 103 Å². The van der Waals surface area contributed by atoms with Crippen LogP contribution in [0.15, 0.2) is 24.3 Å². The summed E-state index contributed by atoms with van der Waals surface area (Å²) in [6, 6.07) is 7.90. The lowest BCUT2D eigenvalue weighted by Crippen LogP contribution is -2.37. The van der Waals surface area contributed by atoms with Crippen LogP contribution in [0.25, 0.3) is 0 Å². The molecule has 0 aromatic heterocycles. The first kappa shape index (κ1) is 13.7. The second kappa shape index (κ2) is 6.40. The topological polar surface area (TPSA) is 55.1 Å². The maximum Gasteiger partial charge on any atom is 0.236 e. The second-order valence-electron chi connectivity index (χ2n) is 4.92. The zero-order valence-electron chi connectivity index (χ0n) is 10.9. The van der Waals surface area contributed by atoms with Crippen LogP contribution in [0.2, 0.25) is 0 Å². The van der Waals surface area contributed by atoms with Gasteiger partial charge < -0.3 is 11.1 Å². The van der Waals surface area contributed by atoms with Gasteiger partial charge in [0.05, 0.1) is 6.04 Å². The molecule has 0 spiro atoms. The summed E-state index contributed by atoms with van der Waals surface area (Å²) in [5.74, 6) is 0.551. The van der Waals surface area contributed by atoms with E-state index in [9.17, 15) is 4.79 Å². The molecule has 1 rings (SSSR count). The van der Waals surface area contributed by atoms with Gasteiger partial charge in [0, 0.05) is 6.54 Å². The van der Waals surface area contributed by atoms with Crippen molar-refractivity contribution in [2.45, 2.75) is 39.8 Å². The van der Waals surface area contributed by atoms with Gasteiger partial charge in [-0.05, 0) is 30.4 Å². The normalized spacial score (nSPS) is 12.5. The molecule has 0 saturated carbocycles. The van der Waals surface area contributed by atoms with Crippen molar-refractivity contribution in [2.75, 3.05) is 0 Å². The van der Waals surface area contributed by atoms with Crippen molar-refractivity contribution in [1.29, 1.82) is 0 Å². The van der Waals surface area contributed by atoms with Gasteiger partial charge in [-0.25, -0.2) is 0 Å². The van der Waals surface area contributed by atoms with Crippen LogP contribution in [0.3, 0.4) is 0 Å². The van der Waals surface area contributed by atoms with E-state index < -0.39 is 6.04 Å². The molecule has 1 unspecified atom stereocenters. The maximum absolute atomic E-state index is 11.3. The van der Waals surface area contributed by atoms with Crippen LogP contribution in [0.4, 0.5) is 0 Å². The molecule has 94 valence electrons. The van der Waals surface area contributed by atoms with Crippen LogP contribution < -0.4 is 11.1 Å². The van der Waals surface area contributed by atoms with Gasteiger partial charge in [0.15, 0.2) is 0 Å². The van der Waals surface area contributed by atoms with E-state index in [0.29, 0.717) is 12.5 Å². The average molecular weight is 234 g/mol. The zero-order valence-corrected chi connectivity index (χ0v) is 10.9. The molecule has 0 radical (unpaired) electrons. The van der Waals surface area contributed by atoms with Crippen LogP contribution in [-0.4, -0.2) is 11.9 Å². The van der Waals surface area contributed by atoms with Gasteiger partial charge >= 0.3 is 0 Å². The number of carbonyl (C=O) groups is 1. The predicted octanol–water partition coefficient (Wildman–Crippen LogP) is 1.85. The van der Waals surface area contributed by atoms with Crippen molar-refractivity contribution in [3.8, 4) is 0 Å². The van der Waals surface area contributed by atoms with E-state index in [0.717, 1.165) is 12.0 Å². The van der Waals surface area contributed by atoms with Gasteiger partial charge in [0.25, 0.3) is 0 Å². The van der Waals surface area contributed by atoms with Gasteiger partial charge in [-0.1, -0.05) is 38.1 Å². The van der Waals surface area contributed by atoms with Crippen LogP contribution in [0.5, 0.6) is 0 Å². The minimum Gasteiger partial charge on any atom is -0.351 e. The smallest absolute Gasteiger partial charge is 0.236 e. The summed E-state index contributed by atoms with van der Waals surface area (Å²) in [6.45, 7) is 6.64. The molecule has 3 N–H and O–H groups in total. The summed E-state index contributed by atoms with van der Waals surface area (Å²) in [6.07, 6.45) is 1.09. The second-order valence-corrected chi connectivity index (χ2v) is 4.92. The van der Waals surface area contributed by atoms with E-state index in [1.807, 2.05) is 0 Å². The summed E-state index contributed by atoms with van der Waals surface area (Å²) in [4.78, 5) is 11.3. The van der Waals surface area contributed by atoms with Gasteiger partial charge in [0.2, 0.25) is 5.91 Å². The summed E-state index contributed by atoms with van der Waals surface area (Å²) in [7, 11) is 0. The van der Waals surface area contributed by atoms with E-state index >= 15 is 0 Å². The van der Waals surface area contributed by atoms with Crippen molar-refractivity contribution in [2.24, 2.45) is 11.7 Å². The first-order valence-electron chi connectivity index (χ1n) is 6.10. The monoisotopic (exact) mass is 234 g/mol. The van der Waals surface area contributed by atoms with Crippen molar-refractivity contribution in [1.82, 2.24) is 5.32 Å². The number of benzene rings is 1. The van der Waals surface area contributed by atoms with Crippen LogP contribution in [0, 0.1) is 5.92 Å². The van der Waals surface area contributed by atoms with Crippen LogP contribution in [0.1, 0.15) is 31.9 Å². The fraction of sp³-hybridized carbons (Fsp3) is 0.500. The summed E-state index contributed by atoms with van der Waals surface area (Å²) < 4.78 is 0. The third-order valence-corrected chi connectivity index (χ3v) is 2.55. The molecule has 1 atom stereocenters. The van der Waals surface area contributed by atoms with Crippen molar-refractivity contribution in [3.05, 3.63) is 35.4 Å². The Bertz CT molecular complexity index is 355. The molecule has 0 saturated heterocycles. The molecule has 0 bridgehead atoms. The molecule has 0 aliphatic carbocycles. The minimum absolute atomic E-state index is 0.115. The standard InChI is InChI=1S/C14H22N2O/c1-10(2)8-12-4-6-13(7-5-12)9-16-14(17)11(3)15/h4-7,10-11H,8-9,15H2,1-3H3,(H,16,17). The third-order valence-electron chi connectivity index (χ3n) is 2.55. The number of amides is 1. The molecule has 1 amide bonds. The molecule has 3 nitrogen and oxygen atoms in total. The Kier molecular flexibility index (Phi) is 5.16. The molecule has 0 aliphatic heterocycles. The molecule has 0 aliphatic rings. The Morgan fingerprint density at radius 1 is 1.18 bits per heavy atom. The molecule has 17 heavy (non-hydrogen) atoms. The quantitative estimate of drug-likeness (QED) is 0.817. The summed E-state index contributed by atoms with van der Waals surface area (Å²) in [5.41, 5.74) is 7.91. The van der Waals surface area contributed by atoms with E-state index in [-0.39, 0.29) is 5.91 Å². The molecule has 0 fully saturated rings. The number of nitrogens with two attached hydrogens (primary N) is 1. The Morgan fingerprint density at radius 3 is 2.18 bits per heavy atom. The highest BCUT2D eigenvalue weighted by molar-refractivity contribution is 5.80. The van der Waals surface area contributed by atoms with Crippen LogP contribution >= 0.6 is 0 Å². The SMILES string of the molecule is CC(C)Cc1ccc(CNC(=O)C(C)N)cc1. The Balaban J connectivity index is 2.48. The fourth-order valence-electron chi connectivity index (χ4n) is 1.61. The lowest BCUT2D eigenvalue weighted by molar-refractivity contribution is -0.122. The van der Waals surface area contributed by atoms with E-state index in [4.69, 9.17) is 5.73 Å².